The molecular formula is C12H15N3OS. The van der Waals surface area contributed by atoms with Crippen LogP contribution in [-0.2, 0) is 17.6 Å². The van der Waals surface area contributed by atoms with Gasteiger partial charge < -0.3 is 5.32 Å². The lowest BCUT2D eigenvalue weighted by atomic mass is 10.1. The number of carbonyl (C=O) groups excluding carboxylic acids is 1. The van der Waals surface area contributed by atoms with Crippen LogP contribution in [0.15, 0.2) is 0 Å². The van der Waals surface area contributed by atoms with E-state index >= 15 is 0 Å². The fourth-order valence-electron chi connectivity index (χ4n) is 1.98. The predicted octanol–water partition coefficient (Wildman–Crippen LogP) is 2.51. The number of aryl methyl sites for hydroxylation is 2. The summed E-state index contributed by atoms with van der Waals surface area (Å²) in [7, 11) is 0. The molecule has 0 saturated carbocycles. The molecule has 17 heavy (non-hydrogen) atoms. The van der Waals surface area contributed by atoms with Gasteiger partial charge in [-0.05, 0) is 25.7 Å². The second-order valence-corrected chi connectivity index (χ2v) is 5.29. The molecule has 1 aromatic heterocycles. The number of anilines is 1. The second-order valence-electron chi connectivity index (χ2n) is 4.20. The van der Waals surface area contributed by atoms with Gasteiger partial charge in [0, 0.05) is 4.88 Å². The van der Waals surface area contributed by atoms with Crippen LogP contribution >= 0.6 is 11.3 Å². The number of hydrogen-bond acceptors (Lipinski definition) is 4. The van der Waals surface area contributed by atoms with Crippen LogP contribution in [0, 0.1) is 17.2 Å². The Bertz CT molecular complexity index is 439. The van der Waals surface area contributed by atoms with Gasteiger partial charge in [-0.15, -0.1) is 11.3 Å². The Morgan fingerprint density at radius 2 is 2.47 bits per heavy atom. The zero-order valence-corrected chi connectivity index (χ0v) is 10.6. The molecule has 1 atom stereocenters. The molecule has 0 fully saturated rings. The number of aromatic nitrogens is 1. The maximum atomic E-state index is 11.8. The first-order valence-electron chi connectivity index (χ1n) is 5.93. The molecule has 2 rings (SSSR count). The number of rotatable bonds is 4. The van der Waals surface area contributed by atoms with E-state index in [1.54, 1.807) is 11.3 Å². The molecule has 0 bridgehead atoms. The summed E-state index contributed by atoms with van der Waals surface area (Å²) in [6.45, 7) is 1.97. The quantitative estimate of drug-likeness (QED) is 0.891. The maximum Gasteiger partial charge on any atom is 0.243 e. The lowest BCUT2D eigenvalue weighted by Crippen LogP contribution is -2.21. The van der Waals surface area contributed by atoms with Crippen LogP contribution in [0.5, 0.6) is 0 Å². The zero-order valence-electron chi connectivity index (χ0n) is 9.82. The third-order valence-electron chi connectivity index (χ3n) is 2.88. The molecule has 1 heterocycles. The Kier molecular flexibility index (Phi) is 3.75. The van der Waals surface area contributed by atoms with E-state index in [2.05, 4.69) is 10.3 Å². The van der Waals surface area contributed by atoms with Crippen molar-refractivity contribution in [1.29, 1.82) is 5.26 Å². The van der Waals surface area contributed by atoms with Gasteiger partial charge in [0.15, 0.2) is 5.13 Å². The number of thiazole rings is 1. The van der Waals surface area contributed by atoms with Crippen molar-refractivity contribution in [2.75, 3.05) is 5.32 Å². The third kappa shape index (κ3) is 2.64. The van der Waals surface area contributed by atoms with Gasteiger partial charge in [0.2, 0.25) is 5.91 Å². The molecular weight excluding hydrogens is 234 g/mol. The van der Waals surface area contributed by atoms with Gasteiger partial charge in [-0.25, -0.2) is 4.98 Å². The highest BCUT2D eigenvalue weighted by Gasteiger charge is 2.21. The van der Waals surface area contributed by atoms with E-state index in [-0.39, 0.29) is 5.91 Å². The summed E-state index contributed by atoms with van der Waals surface area (Å²) in [5, 5.41) is 12.3. The topological polar surface area (TPSA) is 65.8 Å². The van der Waals surface area contributed by atoms with E-state index in [1.807, 2.05) is 13.0 Å². The third-order valence-corrected chi connectivity index (χ3v) is 3.95. The van der Waals surface area contributed by atoms with E-state index in [9.17, 15) is 4.79 Å². The minimum absolute atomic E-state index is 0.221. The molecule has 1 amide bonds. The molecule has 4 nitrogen and oxygen atoms in total. The van der Waals surface area contributed by atoms with Crippen molar-refractivity contribution < 1.29 is 4.79 Å². The minimum Gasteiger partial charge on any atom is -0.301 e. The summed E-state index contributed by atoms with van der Waals surface area (Å²) in [5.41, 5.74) is 1.12. The van der Waals surface area contributed by atoms with Gasteiger partial charge in [-0.3, -0.25) is 4.79 Å². The van der Waals surface area contributed by atoms with Crippen LogP contribution in [0.3, 0.4) is 0 Å². The smallest absolute Gasteiger partial charge is 0.243 e. The summed E-state index contributed by atoms with van der Waals surface area (Å²) in [5.74, 6) is -0.777. The molecule has 0 aromatic carbocycles. The van der Waals surface area contributed by atoms with Crippen molar-refractivity contribution in [3.8, 4) is 6.07 Å². The molecule has 0 spiro atoms. The van der Waals surface area contributed by atoms with Crippen LogP contribution in [0.1, 0.15) is 36.8 Å². The molecule has 90 valence electrons. The van der Waals surface area contributed by atoms with E-state index in [4.69, 9.17) is 5.26 Å². The summed E-state index contributed by atoms with van der Waals surface area (Å²) in [6, 6.07) is 2.04. The fraction of sp³-hybridized carbons (Fsp3) is 0.583. The number of nitrogens with zero attached hydrogens (tertiary/aromatic N) is 2. The number of nitriles is 1. The number of fused-ring (bicyclic) bond motifs is 1. The summed E-state index contributed by atoms with van der Waals surface area (Å²) in [4.78, 5) is 17.5. The number of amides is 1. The van der Waals surface area contributed by atoms with Gasteiger partial charge in [-0.2, -0.15) is 5.26 Å². The minimum atomic E-state index is -0.557. The van der Waals surface area contributed by atoms with Crippen molar-refractivity contribution in [1.82, 2.24) is 4.98 Å². The van der Waals surface area contributed by atoms with E-state index in [1.165, 1.54) is 11.3 Å². The van der Waals surface area contributed by atoms with Crippen molar-refractivity contribution in [3.05, 3.63) is 10.6 Å². The average Bonchev–Trinajstić information content (AvgIpc) is 2.85. The Balaban J connectivity index is 2.00. The van der Waals surface area contributed by atoms with Crippen LogP contribution in [0.4, 0.5) is 5.13 Å². The van der Waals surface area contributed by atoms with Gasteiger partial charge in [0.1, 0.15) is 5.92 Å². The maximum absolute atomic E-state index is 11.8. The lowest BCUT2D eigenvalue weighted by molar-refractivity contribution is -0.118. The first-order valence-corrected chi connectivity index (χ1v) is 6.75. The number of hydrogen-bond donors (Lipinski definition) is 1. The molecule has 0 aliphatic heterocycles. The van der Waals surface area contributed by atoms with Crippen LogP contribution in [0.25, 0.3) is 0 Å². The Morgan fingerprint density at radius 1 is 1.65 bits per heavy atom. The number of carbonyl (C=O) groups is 1. The van der Waals surface area contributed by atoms with Crippen molar-refractivity contribution in [3.63, 3.8) is 0 Å². The van der Waals surface area contributed by atoms with Gasteiger partial charge >= 0.3 is 0 Å². The van der Waals surface area contributed by atoms with Gasteiger partial charge in [0.05, 0.1) is 11.8 Å². The Labute approximate surface area is 105 Å². The fourth-order valence-corrected chi connectivity index (χ4v) is 3.03. The lowest BCUT2D eigenvalue weighted by Gasteiger charge is -2.06. The van der Waals surface area contributed by atoms with Crippen LogP contribution < -0.4 is 5.32 Å². The highest BCUT2D eigenvalue weighted by Crippen LogP contribution is 2.30. The van der Waals surface area contributed by atoms with Gasteiger partial charge in [0.25, 0.3) is 0 Å². The monoisotopic (exact) mass is 249 g/mol. The molecule has 0 saturated heterocycles. The van der Waals surface area contributed by atoms with Crippen molar-refractivity contribution in [2.45, 2.75) is 39.0 Å². The standard InChI is InChI=1S/C12H15N3OS/c1-2-4-8(7-13)11(16)15-12-14-9-5-3-6-10(9)17-12/h8H,2-6H2,1H3,(H,14,15,16). The molecule has 1 N–H and O–H groups in total. The Hall–Kier alpha value is -1.41. The van der Waals surface area contributed by atoms with E-state index in [0.29, 0.717) is 11.6 Å². The normalized spacial score (nSPS) is 15.1. The molecule has 1 aromatic rings. The second kappa shape index (κ2) is 5.28. The highest BCUT2D eigenvalue weighted by atomic mass is 32.1. The highest BCUT2D eigenvalue weighted by molar-refractivity contribution is 7.15. The summed E-state index contributed by atoms with van der Waals surface area (Å²) in [6.07, 6.45) is 4.68. The number of nitrogens with one attached hydrogen (secondary N) is 1. The van der Waals surface area contributed by atoms with Crippen molar-refractivity contribution in [2.24, 2.45) is 5.92 Å². The van der Waals surface area contributed by atoms with Crippen LogP contribution in [0.2, 0.25) is 0 Å². The predicted molar refractivity (Wildman–Crippen MR) is 66.8 cm³/mol. The van der Waals surface area contributed by atoms with E-state index < -0.39 is 5.92 Å². The van der Waals surface area contributed by atoms with E-state index in [0.717, 1.165) is 25.0 Å². The zero-order chi connectivity index (χ0) is 12.3. The Morgan fingerprint density at radius 3 is 3.12 bits per heavy atom. The molecule has 0 radical (unpaired) electrons. The van der Waals surface area contributed by atoms with Gasteiger partial charge in [-0.1, -0.05) is 13.3 Å². The molecule has 1 aliphatic carbocycles. The summed E-state index contributed by atoms with van der Waals surface area (Å²) < 4.78 is 0. The van der Waals surface area contributed by atoms with Crippen molar-refractivity contribution >= 4 is 22.4 Å². The average molecular weight is 249 g/mol. The SMILES string of the molecule is CCCC(C#N)C(=O)Nc1nc2c(s1)CCC2. The molecule has 1 aliphatic rings. The molecule has 5 heteroatoms. The largest absolute Gasteiger partial charge is 0.301 e. The van der Waals surface area contributed by atoms with Crippen LogP contribution in [-0.4, -0.2) is 10.9 Å². The first kappa shape index (κ1) is 12.1. The molecule has 1 unspecified atom stereocenters. The first-order chi connectivity index (χ1) is 8.24. The summed E-state index contributed by atoms with van der Waals surface area (Å²) >= 11 is 1.54.